The summed E-state index contributed by atoms with van der Waals surface area (Å²) in [6.45, 7) is 2.16. The number of nitrogens with one attached hydrogen (secondary N) is 2. The first-order valence-electron chi connectivity index (χ1n) is 7.91. The van der Waals surface area contributed by atoms with E-state index in [1.165, 1.54) is 6.07 Å². The summed E-state index contributed by atoms with van der Waals surface area (Å²) in [5, 5.41) is 10.8. The predicted octanol–water partition coefficient (Wildman–Crippen LogP) is 3.73. The first-order valence-corrected chi connectivity index (χ1v) is 8.28. The second kappa shape index (κ2) is 7.21. The standard InChI is InChI=1S/C18H18ClFN4O/c1-10-14-9-11(5-6-16(14)24-23-10)22-18(25)13(7-8-21)12-3-2-4-15(19)17(12)20/h2-6,9,13H,7-8,21H2,1H3,(H,22,25)(H,23,24). The van der Waals surface area contributed by atoms with Crippen LogP contribution in [-0.2, 0) is 4.79 Å². The Morgan fingerprint density at radius 1 is 1.40 bits per heavy atom. The lowest BCUT2D eigenvalue weighted by Gasteiger charge is -2.17. The fraction of sp³-hybridized carbons (Fsp3) is 0.222. The molecule has 7 heteroatoms. The summed E-state index contributed by atoms with van der Waals surface area (Å²) in [4.78, 5) is 12.7. The molecule has 1 unspecified atom stereocenters. The third-order valence-corrected chi connectivity index (χ3v) is 4.43. The number of rotatable bonds is 5. The minimum Gasteiger partial charge on any atom is -0.330 e. The summed E-state index contributed by atoms with van der Waals surface area (Å²) in [6, 6.07) is 10.0. The molecule has 0 bridgehead atoms. The molecule has 0 aliphatic rings. The highest BCUT2D eigenvalue weighted by Crippen LogP contribution is 2.28. The summed E-state index contributed by atoms with van der Waals surface area (Å²) < 4.78 is 14.3. The van der Waals surface area contributed by atoms with Gasteiger partial charge in [0.25, 0.3) is 0 Å². The zero-order chi connectivity index (χ0) is 18.0. The molecule has 0 aliphatic carbocycles. The van der Waals surface area contributed by atoms with Crippen molar-refractivity contribution in [2.24, 2.45) is 5.73 Å². The SMILES string of the molecule is Cc1[nH]nc2ccc(NC(=O)C(CCN)c3cccc(Cl)c3F)cc12. The van der Waals surface area contributed by atoms with Gasteiger partial charge in [-0.3, -0.25) is 9.89 Å². The van der Waals surface area contributed by atoms with E-state index in [2.05, 4.69) is 15.5 Å². The van der Waals surface area contributed by atoms with Gasteiger partial charge in [0.15, 0.2) is 0 Å². The Bertz CT molecular complexity index is 925. The number of H-pyrrole nitrogens is 1. The molecule has 1 aromatic heterocycles. The van der Waals surface area contributed by atoms with E-state index in [-0.39, 0.29) is 23.0 Å². The van der Waals surface area contributed by atoms with Gasteiger partial charge in [-0.25, -0.2) is 4.39 Å². The number of anilines is 1. The molecule has 0 spiro atoms. The summed E-state index contributed by atoms with van der Waals surface area (Å²) in [6.07, 6.45) is 0.316. The molecule has 1 heterocycles. The fourth-order valence-electron chi connectivity index (χ4n) is 2.83. The van der Waals surface area contributed by atoms with Crippen LogP contribution in [0.1, 0.15) is 23.6 Å². The number of nitrogens with two attached hydrogens (primary N) is 1. The third kappa shape index (κ3) is 3.50. The minimum atomic E-state index is -0.718. The van der Waals surface area contributed by atoms with Crippen LogP contribution in [0.5, 0.6) is 0 Å². The highest BCUT2D eigenvalue weighted by molar-refractivity contribution is 6.30. The van der Waals surface area contributed by atoms with Gasteiger partial charge in [0, 0.05) is 22.3 Å². The van der Waals surface area contributed by atoms with Gasteiger partial charge in [-0.05, 0) is 44.2 Å². The molecule has 25 heavy (non-hydrogen) atoms. The second-order valence-electron chi connectivity index (χ2n) is 5.84. The van der Waals surface area contributed by atoms with Crippen molar-refractivity contribution in [3.05, 3.63) is 58.5 Å². The molecule has 2 aromatic carbocycles. The normalized spacial score (nSPS) is 12.3. The van der Waals surface area contributed by atoms with Crippen molar-refractivity contribution in [1.82, 2.24) is 10.2 Å². The smallest absolute Gasteiger partial charge is 0.232 e. The molecule has 0 saturated carbocycles. The van der Waals surface area contributed by atoms with E-state index in [0.29, 0.717) is 12.1 Å². The Kier molecular flexibility index (Phi) is 5.01. The van der Waals surface area contributed by atoms with Gasteiger partial charge in [-0.2, -0.15) is 5.10 Å². The number of carbonyl (C=O) groups excluding carboxylic acids is 1. The summed E-state index contributed by atoms with van der Waals surface area (Å²) >= 11 is 5.84. The van der Waals surface area contributed by atoms with E-state index >= 15 is 0 Å². The quantitative estimate of drug-likeness (QED) is 0.648. The van der Waals surface area contributed by atoms with Gasteiger partial charge >= 0.3 is 0 Å². The van der Waals surface area contributed by atoms with Crippen molar-refractivity contribution in [2.45, 2.75) is 19.3 Å². The minimum absolute atomic E-state index is 0.0113. The predicted molar refractivity (Wildman–Crippen MR) is 97.3 cm³/mol. The second-order valence-corrected chi connectivity index (χ2v) is 6.25. The number of hydrogen-bond acceptors (Lipinski definition) is 3. The number of aromatic amines is 1. The van der Waals surface area contributed by atoms with E-state index in [1.807, 2.05) is 19.1 Å². The highest BCUT2D eigenvalue weighted by Gasteiger charge is 2.24. The molecule has 1 atom stereocenters. The van der Waals surface area contributed by atoms with Crippen LogP contribution in [-0.4, -0.2) is 22.6 Å². The van der Waals surface area contributed by atoms with Crippen LogP contribution in [0.15, 0.2) is 36.4 Å². The Hall–Kier alpha value is -2.44. The molecule has 0 aliphatic heterocycles. The average molecular weight is 361 g/mol. The van der Waals surface area contributed by atoms with Crippen molar-refractivity contribution in [3.8, 4) is 0 Å². The fourth-order valence-corrected chi connectivity index (χ4v) is 3.01. The van der Waals surface area contributed by atoms with Crippen LogP contribution >= 0.6 is 11.6 Å². The van der Waals surface area contributed by atoms with E-state index in [0.717, 1.165) is 16.6 Å². The van der Waals surface area contributed by atoms with Crippen LogP contribution in [0.2, 0.25) is 5.02 Å². The maximum absolute atomic E-state index is 14.3. The zero-order valence-corrected chi connectivity index (χ0v) is 14.4. The van der Waals surface area contributed by atoms with Crippen molar-refractivity contribution < 1.29 is 9.18 Å². The maximum atomic E-state index is 14.3. The van der Waals surface area contributed by atoms with Crippen molar-refractivity contribution >= 4 is 34.1 Å². The molecule has 0 radical (unpaired) electrons. The molecule has 3 rings (SSSR count). The van der Waals surface area contributed by atoms with Gasteiger partial charge in [0.05, 0.1) is 16.5 Å². The Morgan fingerprint density at radius 3 is 2.96 bits per heavy atom. The Morgan fingerprint density at radius 2 is 2.20 bits per heavy atom. The van der Waals surface area contributed by atoms with Gasteiger partial charge in [0.2, 0.25) is 5.91 Å². The van der Waals surface area contributed by atoms with Crippen molar-refractivity contribution in [3.63, 3.8) is 0 Å². The average Bonchev–Trinajstić information content (AvgIpc) is 2.96. The Labute approximate surface area is 149 Å². The van der Waals surface area contributed by atoms with E-state index in [4.69, 9.17) is 17.3 Å². The number of aryl methyl sites for hydroxylation is 1. The molecular weight excluding hydrogens is 343 g/mol. The number of nitrogens with zero attached hydrogens (tertiary/aromatic N) is 1. The molecule has 1 amide bonds. The molecule has 0 fully saturated rings. The Balaban J connectivity index is 1.89. The van der Waals surface area contributed by atoms with Crippen LogP contribution in [0.3, 0.4) is 0 Å². The van der Waals surface area contributed by atoms with Crippen LogP contribution in [0.25, 0.3) is 10.9 Å². The summed E-state index contributed by atoms with van der Waals surface area (Å²) in [5.41, 5.74) is 8.20. The lowest BCUT2D eigenvalue weighted by Crippen LogP contribution is -2.24. The number of benzene rings is 2. The first kappa shape index (κ1) is 17.4. The van der Waals surface area contributed by atoms with Gasteiger partial charge in [-0.1, -0.05) is 23.7 Å². The van der Waals surface area contributed by atoms with Crippen molar-refractivity contribution in [1.29, 1.82) is 0 Å². The number of aromatic nitrogens is 2. The number of fused-ring (bicyclic) bond motifs is 1. The number of hydrogen-bond donors (Lipinski definition) is 3. The van der Waals surface area contributed by atoms with Gasteiger partial charge in [0.1, 0.15) is 5.82 Å². The van der Waals surface area contributed by atoms with Gasteiger partial charge < -0.3 is 11.1 Å². The molecular formula is C18H18ClFN4O. The van der Waals surface area contributed by atoms with E-state index < -0.39 is 11.7 Å². The topological polar surface area (TPSA) is 83.8 Å². The number of carbonyl (C=O) groups is 1. The third-order valence-electron chi connectivity index (χ3n) is 4.14. The van der Waals surface area contributed by atoms with Crippen LogP contribution in [0, 0.1) is 12.7 Å². The van der Waals surface area contributed by atoms with Crippen molar-refractivity contribution in [2.75, 3.05) is 11.9 Å². The monoisotopic (exact) mass is 360 g/mol. The van der Waals surface area contributed by atoms with Gasteiger partial charge in [-0.15, -0.1) is 0 Å². The first-order chi connectivity index (χ1) is 12.0. The van der Waals surface area contributed by atoms with E-state index in [1.54, 1.807) is 18.2 Å². The lowest BCUT2D eigenvalue weighted by molar-refractivity contribution is -0.117. The summed E-state index contributed by atoms with van der Waals surface area (Å²) in [7, 11) is 0. The number of halogens is 2. The lowest BCUT2D eigenvalue weighted by atomic mass is 9.94. The van der Waals surface area contributed by atoms with E-state index in [9.17, 15) is 9.18 Å². The largest absolute Gasteiger partial charge is 0.330 e. The zero-order valence-electron chi connectivity index (χ0n) is 13.6. The molecule has 5 nitrogen and oxygen atoms in total. The van der Waals surface area contributed by atoms with Crippen LogP contribution < -0.4 is 11.1 Å². The molecule has 130 valence electrons. The highest BCUT2D eigenvalue weighted by atomic mass is 35.5. The maximum Gasteiger partial charge on any atom is 0.232 e. The number of amides is 1. The molecule has 0 saturated heterocycles. The molecule has 4 N–H and O–H groups in total. The van der Waals surface area contributed by atoms with Crippen LogP contribution in [0.4, 0.5) is 10.1 Å². The molecule has 3 aromatic rings. The summed E-state index contributed by atoms with van der Waals surface area (Å²) in [5.74, 6) is -1.63.